The molecule has 0 bridgehead atoms. The number of aromatic amines is 1. The van der Waals surface area contributed by atoms with Gasteiger partial charge in [-0.3, -0.25) is 0 Å². The first-order valence-corrected chi connectivity index (χ1v) is 5.65. The molecule has 0 radical (unpaired) electrons. The van der Waals surface area contributed by atoms with Crippen molar-refractivity contribution in [3.8, 4) is 0 Å². The third-order valence-corrected chi connectivity index (χ3v) is 2.78. The molecule has 0 unspecified atom stereocenters. The molecule has 0 saturated heterocycles. The molecule has 102 valence electrons. The summed E-state index contributed by atoms with van der Waals surface area (Å²) in [6, 6.07) is 1.69. The average Bonchev–Trinajstić information content (AvgIpc) is 2.77. The Bertz CT molecular complexity index is 672. The maximum Gasteiger partial charge on any atom is 0.349 e. The molecule has 0 amide bonds. The van der Waals surface area contributed by atoms with Crippen LogP contribution >= 0.6 is 0 Å². The van der Waals surface area contributed by atoms with E-state index < -0.39 is 0 Å². The van der Waals surface area contributed by atoms with Crippen LogP contribution in [0.25, 0.3) is 5.65 Å². The monoisotopic (exact) mass is 265 g/mol. The molecule has 2 heterocycles. The number of fused-ring (bicyclic) bond motifs is 1. The van der Waals surface area contributed by atoms with Crippen molar-refractivity contribution in [1.82, 2.24) is 19.6 Å². The lowest BCUT2D eigenvalue weighted by Gasteiger charge is -2.18. The molecular formula is C10H15N7O2. The Kier molecular flexibility index (Phi) is 3.36. The first kappa shape index (κ1) is 12.9. The highest BCUT2D eigenvalue weighted by atomic mass is 16.4. The maximum atomic E-state index is 11.5. The molecule has 9 heteroatoms. The Balaban J connectivity index is 2.28. The van der Waals surface area contributed by atoms with Crippen LogP contribution in [0, 0.1) is 6.92 Å². The summed E-state index contributed by atoms with van der Waals surface area (Å²) in [5.41, 5.74) is 5.60. The number of nitrogens with two attached hydrogens (primary N) is 1. The molecule has 2 aromatic rings. The number of aryl methyl sites for hydroxylation is 1. The van der Waals surface area contributed by atoms with Crippen molar-refractivity contribution in [3.05, 3.63) is 22.4 Å². The lowest BCUT2D eigenvalue weighted by Crippen LogP contribution is -2.26. The van der Waals surface area contributed by atoms with Crippen LogP contribution in [-0.4, -0.2) is 44.2 Å². The fraction of sp³-hybridized carbons (Fsp3) is 0.400. The first-order valence-electron chi connectivity index (χ1n) is 5.65. The highest BCUT2D eigenvalue weighted by Crippen LogP contribution is 2.12. The van der Waals surface area contributed by atoms with Gasteiger partial charge in [-0.05, 0) is 6.92 Å². The van der Waals surface area contributed by atoms with Gasteiger partial charge in [-0.2, -0.15) is 5.10 Å². The minimum atomic E-state index is -0.314. The number of oxime groups is 1. The summed E-state index contributed by atoms with van der Waals surface area (Å²) < 4.78 is 1.39. The number of H-pyrrole nitrogens is 1. The van der Waals surface area contributed by atoms with Gasteiger partial charge in [0.15, 0.2) is 5.65 Å². The molecule has 2 rings (SSSR count). The van der Waals surface area contributed by atoms with Gasteiger partial charge in [0.1, 0.15) is 17.5 Å². The van der Waals surface area contributed by atoms with Crippen molar-refractivity contribution in [1.29, 1.82) is 0 Å². The standard InChI is InChI=1S/C10H15N7O2/c1-6-12-8(16(2)4-3-7(11)15-19)5-9-13-14-10(18)17(6)9/h5,19H,3-4H2,1-2H3,(H2,11,15)(H,14,18). The quantitative estimate of drug-likeness (QED) is 0.290. The molecule has 9 nitrogen and oxygen atoms in total. The molecule has 0 spiro atoms. The van der Waals surface area contributed by atoms with Gasteiger partial charge >= 0.3 is 5.69 Å². The van der Waals surface area contributed by atoms with Gasteiger partial charge in [-0.15, -0.1) is 0 Å². The number of nitrogens with one attached hydrogen (secondary N) is 1. The van der Waals surface area contributed by atoms with E-state index in [0.29, 0.717) is 30.3 Å². The summed E-state index contributed by atoms with van der Waals surface area (Å²) >= 11 is 0. The zero-order valence-corrected chi connectivity index (χ0v) is 10.7. The Hall–Kier alpha value is -2.58. The lowest BCUT2D eigenvalue weighted by atomic mass is 10.3. The molecule has 4 N–H and O–H groups in total. The lowest BCUT2D eigenvalue weighted by molar-refractivity contribution is 0.317. The summed E-state index contributed by atoms with van der Waals surface area (Å²) in [6.07, 6.45) is 0.409. The van der Waals surface area contributed by atoms with E-state index in [1.165, 1.54) is 4.40 Å². The van der Waals surface area contributed by atoms with E-state index in [1.54, 1.807) is 13.0 Å². The van der Waals surface area contributed by atoms with Crippen molar-refractivity contribution in [2.75, 3.05) is 18.5 Å². The average molecular weight is 265 g/mol. The maximum absolute atomic E-state index is 11.5. The fourth-order valence-corrected chi connectivity index (χ4v) is 1.72. The predicted molar refractivity (Wildman–Crippen MR) is 69.6 cm³/mol. The second-order valence-corrected chi connectivity index (χ2v) is 4.15. The molecule has 0 aromatic carbocycles. The molecule has 2 aromatic heterocycles. The second-order valence-electron chi connectivity index (χ2n) is 4.15. The number of rotatable bonds is 4. The van der Waals surface area contributed by atoms with E-state index >= 15 is 0 Å². The van der Waals surface area contributed by atoms with Crippen LogP contribution in [0.1, 0.15) is 12.2 Å². The first-order chi connectivity index (χ1) is 9.02. The third-order valence-electron chi connectivity index (χ3n) is 2.78. The van der Waals surface area contributed by atoms with Crippen LogP contribution < -0.4 is 16.3 Å². The molecule has 0 saturated carbocycles. The summed E-state index contributed by atoms with van der Waals surface area (Å²) in [4.78, 5) is 17.6. The minimum absolute atomic E-state index is 0.153. The van der Waals surface area contributed by atoms with Crippen LogP contribution in [0.5, 0.6) is 0 Å². The summed E-state index contributed by atoms with van der Waals surface area (Å²) in [5.74, 6) is 1.36. The number of anilines is 1. The molecule has 0 aliphatic heterocycles. The normalized spacial score (nSPS) is 12.0. The minimum Gasteiger partial charge on any atom is -0.409 e. The van der Waals surface area contributed by atoms with Gasteiger partial charge in [0.2, 0.25) is 0 Å². The van der Waals surface area contributed by atoms with E-state index in [9.17, 15) is 4.79 Å². The van der Waals surface area contributed by atoms with Gasteiger partial charge < -0.3 is 15.8 Å². The molecule has 0 fully saturated rings. The Morgan fingerprint density at radius 3 is 3.11 bits per heavy atom. The Morgan fingerprint density at radius 1 is 1.68 bits per heavy atom. The SMILES string of the molecule is Cc1nc(N(C)CCC(N)=NO)cc2n[nH]c(=O)n12. The van der Waals surface area contributed by atoms with Crippen LogP contribution in [-0.2, 0) is 0 Å². The zero-order chi connectivity index (χ0) is 14.0. The number of aromatic nitrogens is 4. The van der Waals surface area contributed by atoms with Gasteiger partial charge in [-0.1, -0.05) is 5.16 Å². The highest BCUT2D eigenvalue weighted by molar-refractivity contribution is 5.80. The van der Waals surface area contributed by atoms with Crippen LogP contribution in [0.15, 0.2) is 16.0 Å². The Morgan fingerprint density at radius 2 is 2.42 bits per heavy atom. The fourth-order valence-electron chi connectivity index (χ4n) is 1.72. The number of hydrogen-bond donors (Lipinski definition) is 3. The van der Waals surface area contributed by atoms with Crippen LogP contribution in [0.2, 0.25) is 0 Å². The van der Waals surface area contributed by atoms with Crippen molar-refractivity contribution < 1.29 is 5.21 Å². The smallest absolute Gasteiger partial charge is 0.349 e. The van der Waals surface area contributed by atoms with Crippen molar-refractivity contribution in [3.63, 3.8) is 0 Å². The largest absolute Gasteiger partial charge is 0.409 e. The summed E-state index contributed by atoms with van der Waals surface area (Å²) in [7, 11) is 1.83. The molecular weight excluding hydrogens is 250 g/mol. The van der Waals surface area contributed by atoms with E-state index in [-0.39, 0.29) is 11.5 Å². The molecule has 0 aliphatic carbocycles. The molecule has 19 heavy (non-hydrogen) atoms. The summed E-state index contributed by atoms with van der Waals surface area (Å²) in [6.45, 7) is 2.26. The summed E-state index contributed by atoms with van der Waals surface area (Å²) in [5, 5.41) is 17.7. The van der Waals surface area contributed by atoms with Crippen LogP contribution in [0.4, 0.5) is 5.82 Å². The molecule has 0 aliphatic rings. The van der Waals surface area contributed by atoms with Crippen molar-refractivity contribution >= 4 is 17.3 Å². The van der Waals surface area contributed by atoms with Gasteiger partial charge in [0.25, 0.3) is 0 Å². The topological polar surface area (TPSA) is 125 Å². The predicted octanol–water partition coefficient (Wildman–Crippen LogP) is -0.701. The Labute approximate surface area is 108 Å². The van der Waals surface area contributed by atoms with Crippen LogP contribution in [0.3, 0.4) is 0 Å². The third kappa shape index (κ3) is 2.49. The van der Waals surface area contributed by atoms with E-state index in [0.717, 1.165) is 0 Å². The zero-order valence-electron chi connectivity index (χ0n) is 10.7. The highest BCUT2D eigenvalue weighted by Gasteiger charge is 2.10. The van der Waals surface area contributed by atoms with Crippen molar-refractivity contribution in [2.45, 2.75) is 13.3 Å². The van der Waals surface area contributed by atoms with E-state index in [4.69, 9.17) is 10.9 Å². The van der Waals surface area contributed by atoms with E-state index in [2.05, 4.69) is 20.3 Å². The van der Waals surface area contributed by atoms with Gasteiger partial charge in [0.05, 0.1) is 0 Å². The van der Waals surface area contributed by atoms with Gasteiger partial charge in [-0.25, -0.2) is 19.3 Å². The number of hydrogen-bond acceptors (Lipinski definition) is 6. The second kappa shape index (κ2) is 4.96. The van der Waals surface area contributed by atoms with E-state index in [1.807, 2.05) is 11.9 Å². The number of amidine groups is 1. The van der Waals surface area contributed by atoms with Gasteiger partial charge in [0, 0.05) is 26.1 Å². The molecule has 0 atom stereocenters. The number of nitrogens with zero attached hydrogens (tertiary/aromatic N) is 5. The van der Waals surface area contributed by atoms with Crippen molar-refractivity contribution in [2.24, 2.45) is 10.9 Å².